The number of non-ortho nitro benzene ring substituents is 1. The molecule has 0 spiro atoms. The van der Waals surface area contributed by atoms with Gasteiger partial charge in [0.15, 0.2) is 5.82 Å². The number of nitrogens with zero attached hydrogens (tertiary/aromatic N) is 9. The van der Waals surface area contributed by atoms with Gasteiger partial charge < -0.3 is 4.57 Å². The lowest BCUT2D eigenvalue weighted by atomic mass is 10.2. The van der Waals surface area contributed by atoms with Gasteiger partial charge in [-0.1, -0.05) is 17.8 Å². The summed E-state index contributed by atoms with van der Waals surface area (Å²) in [6.45, 7) is 5.00. The summed E-state index contributed by atoms with van der Waals surface area (Å²) in [7, 11) is 0. The van der Waals surface area contributed by atoms with Crippen LogP contribution in [0.5, 0.6) is 0 Å². The van der Waals surface area contributed by atoms with Crippen LogP contribution in [0.4, 0.5) is 11.4 Å². The quantitative estimate of drug-likeness (QED) is 0.160. The van der Waals surface area contributed by atoms with E-state index in [0.29, 0.717) is 33.8 Å². The Morgan fingerprint density at radius 2 is 1.88 bits per heavy atom. The zero-order chi connectivity index (χ0) is 24.4. The third-order valence-electron chi connectivity index (χ3n) is 5.01. The lowest BCUT2D eigenvalue weighted by molar-refractivity contribution is -0.386. The van der Waals surface area contributed by atoms with Gasteiger partial charge in [0, 0.05) is 18.3 Å². The maximum atomic E-state index is 11.2. The second-order valence-electron chi connectivity index (χ2n) is 7.22. The van der Waals surface area contributed by atoms with Crippen molar-refractivity contribution in [3.8, 4) is 5.69 Å². The summed E-state index contributed by atoms with van der Waals surface area (Å²) in [4.78, 5) is 21.5. The van der Waals surface area contributed by atoms with Crippen LogP contribution < -0.4 is 0 Å². The van der Waals surface area contributed by atoms with E-state index >= 15 is 0 Å². The molecule has 0 unspecified atom stereocenters. The zero-order valence-electron chi connectivity index (χ0n) is 18.4. The Morgan fingerprint density at radius 1 is 1.09 bits per heavy atom. The molecule has 0 bridgehead atoms. The predicted octanol–water partition coefficient (Wildman–Crippen LogP) is 3.64. The lowest BCUT2D eigenvalue weighted by Gasteiger charge is -2.07. The van der Waals surface area contributed by atoms with Crippen molar-refractivity contribution in [2.24, 2.45) is 5.10 Å². The van der Waals surface area contributed by atoms with E-state index in [-0.39, 0.29) is 17.3 Å². The highest BCUT2D eigenvalue weighted by Gasteiger charge is 2.22. The summed E-state index contributed by atoms with van der Waals surface area (Å²) in [5.41, 5.74) is 2.11. The molecule has 0 radical (unpaired) electrons. The van der Waals surface area contributed by atoms with Crippen LogP contribution in [0.15, 0.2) is 52.9 Å². The number of thioether (sulfide) groups is 1. The smallest absolute Gasteiger partial charge is 0.312 e. The Morgan fingerprint density at radius 3 is 2.59 bits per heavy atom. The van der Waals surface area contributed by atoms with Crippen LogP contribution in [-0.2, 0) is 5.88 Å². The molecule has 0 aliphatic heterocycles. The second-order valence-corrected chi connectivity index (χ2v) is 8.13. The molecule has 34 heavy (non-hydrogen) atoms. The van der Waals surface area contributed by atoms with Gasteiger partial charge in [-0.25, -0.2) is 0 Å². The molecule has 0 aliphatic rings. The van der Waals surface area contributed by atoms with E-state index in [4.69, 9.17) is 0 Å². The molecule has 0 N–H and O–H groups in total. The number of nitro groups is 2. The number of aryl methyl sites for hydroxylation is 2. The molecule has 14 heteroatoms. The van der Waals surface area contributed by atoms with E-state index in [1.807, 2.05) is 12.1 Å². The molecule has 0 saturated carbocycles. The van der Waals surface area contributed by atoms with Crippen molar-refractivity contribution in [3.63, 3.8) is 0 Å². The SMILES string of the molecule is Cc1nn(CSc2nnc(C)n2N=Cc2cccn2-c2cccc([N+](=O)[O-])c2)c(C)c1[N+](=O)[O-]. The summed E-state index contributed by atoms with van der Waals surface area (Å²) in [5.74, 6) is 0.838. The van der Waals surface area contributed by atoms with E-state index < -0.39 is 9.85 Å². The first-order chi connectivity index (χ1) is 16.3. The highest BCUT2D eigenvalue weighted by atomic mass is 32.2. The number of hydrogen-bond donors (Lipinski definition) is 0. The molecule has 3 heterocycles. The fourth-order valence-corrected chi connectivity index (χ4v) is 4.25. The predicted molar refractivity (Wildman–Crippen MR) is 124 cm³/mol. The molecule has 1 aromatic carbocycles. The largest absolute Gasteiger partial charge is 0.315 e. The Bertz CT molecular complexity index is 1420. The van der Waals surface area contributed by atoms with E-state index in [9.17, 15) is 20.2 Å². The molecule has 0 atom stereocenters. The Hall–Kier alpha value is -4.33. The number of benzene rings is 1. The first kappa shape index (κ1) is 22.8. The number of rotatable bonds is 8. The van der Waals surface area contributed by atoms with Crippen LogP contribution in [-0.4, -0.2) is 45.3 Å². The standard InChI is InChI=1S/C20H19N9O4S/c1-13-19(29(32)33)14(2)26(24-13)12-34-20-23-22-15(3)27(20)21-11-18-8-5-9-25(18)16-6-4-7-17(10-16)28(30)31/h4-11H,12H2,1-3H3. The number of hydrogen-bond acceptors (Lipinski definition) is 9. The monoisotopic (exact) mass is 481 g/mol. The summed E-state index contributed by atoms with van der Waals surface area (Å²) < 4.78 is 4.87. The minimum Gasteiger partial charge on any atom is -0.315 e. The fraction of sp³-hybridized carbons (Fsp3) is 0.200. The summed E-state index contributed by atoms with van der Waals surface area (Å²) >= 11 is 1.28. The van der Waals surface area contributed by atoms with Crippen molar-refractivity contribution in [1.29, 1.82) is 0 Å². The molecule has 0 aliphatic carbocycles. The third-order valence-corrected chi connectivity index (χ3v) is 5.90. The lowest BCUT2D eigenvalue weighted by Crippen LogP contribution is -2.03. The molecule has 4 rings (SSSR count). The van der Waals surface area contributed by atoms with Crippen molar-refractivity contribution >= 4 is 29.4 Å². The topological polar surface area (TPSA) is 152 Å². The van der Waals surface area contributed by atoms with E-state index in [1.54, 1.807) is 59.2 Å². The zero-order valence-corrected chi connectivity index (χ0v) is 19.2. The van der Waals surface area contributed by atoms with Crippen LogP contribution in [0.2, 0.25) is 0 Å². The van der Waals surface area contributed by atoms with E-state index in [2.05, 4.69) is 20.4 Å². The van der Waals surface area contributed by atoms with Gasteiger partial charge >= 0.3 is 5.69 Å². The Kier molecular flexibility index (Phi) is 6.23. The van der Waals surface area contributed by atoms with Gasteiger partial charge in [-0.15, -0.1) is 10.2 Å². The average molecular weight is 481 g/mol. The van der Waals surface area contributed by atoms with Crippen LogP contribution >= 0.6 is 11.8 Å². The summed E-state index contributed by atoms with van der Waals surface area (Å²) in [6, 6.07) is 9.94. The Balaban J connectivity index is 1.57. The van der Waals surface area contributed by atoms with Crippen LogP contribution in [0.1, 0.15) is 22.9 Å². The maximum absolute atomic E-state index is 11.2. The molecule has 174 valence electrons. The normalized spacial score (nSPS) is 11.4. The van der Waals surface area contributed by atoms with Crippen LogP contribution in [0, 0.1) is 41.0 Å². The van der Waals surface area contributed by atoms with E-state index in [0.717, 1.165) is 0 Å². The third kappa shape index (κ3) is 4.43. The van der Waals surface area contributed by atoms with E-state index in [1.165, 1.54) is 23.9 Å². The molecule has 0 amide bonds. The van der Waals surface area contributed by atoms with Gasteiger partial charge in [-0.2, -0.15) is 14.9 Å². The highest BCUT2D eigenvalue weighted by molar-refractivity contribution is 7.98. The summed E-state index contributed by atoms with van der Waals surface area (Å²) in [5, 5.41) is 39.8. The molecular weight excluding hydrogens is 462 g/mol. The average Bonchev–Trinajstić information content (AvgIpc) is 3.48. The van der Waals surface area contributed by atoms with Gasteiger partial charge in [-0.05, 0) is 39.0 Å². The number of aromatic nitrogens is 6. The summed E-state index contributed by atoms with van der Waals surface area (Å²) in [6.07, 6.45) is 3.39. The van der Waals surface area contributed by atoms with Crippen molar-refractivity contribution < 1.29 is 9.85 Å². The number of nitro benzene ring substituents is 1. The van der Waals surface area contributed by atoms with Gasteiger partial charge in [0.05, 0.1) is 33.3 Å². The van der Waals surface area contributed by atoms with Crippen molar-refractivity contribution in [2.45, 2.75) is 31.8 Å². The molecule has 13 nitrogen and oxygen atoms in total. The van der Waals surface area contributed by atoms with Gasteiger partial charge in [-0.3, -0.25) is 24.9 Å². The van der Waals surface area contributed by atoms with Crippen molar-refractivity contribution in [2.75, 3.05) is 0 Å². The molecule has 4 aromatic rings. The highest BCUT2D eigenvalue weighted by Crippen LogP contribution is 2.26. The molecule has 3 aromatic heterocycles. The Labute approximate surface area is 197 Å². The van der Waals surface area contributed by atoms with Crippen LogP contribution in [0.3, 0.4) is 0 Å². The van der Waals surface area contributed by atoms with Gasteiger partial charge in [0.25, 0.3) is 5.69 Å². The minimum absolute atomic E-state index is 0.00169. The van der Waals surface area contributed by atoms with Crippen molar-refractivity contribution in [1.82, 2.24) is 29.2 Å². The second kappa shape index (κ2) is 9.27. The van der Waals surface area contributed by atoms with Crippen molar-refractivity contribution in [3.05, 3.63) is 85.7 Å². The first-order valence-corrected chi connectivity index (χ1v) is 10.9. The molecule has 0 saturated heterocycles. The maximum Gasteiger partial charge on any atom is 0.312 e. The van der Waals surface area contributed by atoms with Gasteiger partial charge in [0.2, 0.25) is 5.16 Å². The minimum atomic E-state index is -0.442. The van der Waals surface area contributed by atoms with Crippen LogP contribution in [0.25, 0.3) is 5.69 Å². The first-order valence-electron chi connectivity index (χ1n) is 9.96. The molecule has 0 fully saturated rings. The van der Waals surface area contributed by atoms with Gasteiger partial charge in [0.1, 0.15) is 11.4 Å². The fourth-order valence-electron chi connectivity index (χ4n) is 3.37. The molecular formula is C20H19N9O4S.